The number of aliphatic hydroxyl groups is 2. The van der Waals surface area contributed by atoms with E-state index in [-0.39, 0.29) is 17.2 Å². The van der Waals surface area contributed by atoms with Crippen LogP contribution in [0, 0.1) is 0 Å². The third-order valence-electron chi connectivity index (χ3n) is 7.83. The minimum absolute atomic E-state index is 0.0386. The predicted molar refractivity (Wildman–Crippen MR) is 213 cm³/mol. The quantitative estimate of drug-likeness (QED) is 0.0387. The molecule has 4 atom stereocenters. The van der Waals surface area contributed by atoms with Crippen molar-refractivity contribution in [2.75, 3.05) is 21.7 Å². The molecular weight excluding hydrogens is 838 g/mol. The van der Waals surface area contributed by atoms with Crippen molar-refractivity contribution in [3.8, 4) is 23.5 Å². The number of hydrogen-bond donors (Lipinski definition) is 6. The van der Waals surface area contributed by atoms with E-state index in [1.807, 2.05) is 0 Å². The Morgan fingerprint density at radius 1 is 0.607 bits per heavy atom. The van der Waals surface area contributed by atoms with Crippen LogP contribution in [0.4, 0.5) is 55.3 Å². The van der Waals surface area contributed by atoms with E-state index in [2.05, 4.69) is 55.8 Å². The van der Waals surface area contributed by atoms with Crippen molar-refractivity contribution in [2.24, 2.45) is 0 Å². The molecule has 16 nitrogen and oxygen atoms in total. The summed E-state index contributed by atoms with van der Waals surface area (Å²) in [6.45, 7) is 6.00. The maximum Gasteiger partial charge on any atom is 0.421 e. The lowest BCUT2D eigenvalue weighted by molar-refractivity contribution is -0.138. The zero-order valence-corrected chi connectivity index (χ0v) is 33.3. The van der Waals surface area contributed by atoms with Crippen LogP contribution in [-0.2, 0) is 12.4 Å². The van der Waals surface area contributed by atoms with Crippen molar-refractivity contribution in [3.63, 3.8) is 0 Å². The molecule has 0 amide bonds. The number of benzene rings is 2. The zero-order valence-electron chi connectivity index (χ0n) is 32.6. The minimum atomic E-state index is -4.64. The van der Waals surface area contributed by atoms with Gasteiger partial charge in [-0.1, -0.05) is 0 Å². The fourth-order valence-electron chi connectivity index (χ4n) is 4.27. The summed E-state index contributed by atoms with van der Waals surface area (Å²) >= 11 is 5.44. The standard InChI is InChI=1S/C19H19F3N6O2.C10H9N3O.C9H11ClF3N3O/c1-11(12(2)29)26-16-15(19(20,21)22)10-25-17(28-16)27-13-4-6-14(7-5-13)30-18-23-8-3-9-24-18;11-8-2-4-9(5-3-8)14-10-12-6-1-7-13-10;1-4(5(2)17)15-7-6(9(11,12)13)3-14-8(10)16-7/h3-12,29H,1-2H3,(H2,25,26,27,28);1-7H,11H2;3-5,17H,1-2H3,(H,14,15,16)/t11-,12-;;4-,5-/m1.1/s1. The topological polar surface area (TPSA) is 224 Å². The van der Waals surface area contributed by atoms with Crippen LogP contribution in [0.25, 0.3) is 0 Å². The Kier molecular flexibility index (Phi) is 16.6. The van der Waals surface area contributed by atoms with Gasteiger partial charge in [0.05, 0.1) is 24.3 Å². The fraction of sp³-hybridized carbons (Fsp3) is 0.263. The van der Waals surface area contributed by atoms with Crippen LogP contribution in [0.3, 0.4) is 0 Å². The van der Waals surface area contributed by atoms with Crippen LogP contribution in [0.5, 0.6) is 23.5 Å². The molecule has 324 valence electrons. The van der Waals surface area contributed by atoms with E-state index in [4.69, 9.17) is 26.8 Å². The first-order valence-electron chi connectivity index (χ1n) is 17.8. The number of nitrogens with two attached hydrogens (primary N) is 1. The number of alkyl halides is 6. The summed E-state index contributed by atoms with van der Waals surface area (Å²) in [6, 6.07) is 16.3. The molecule has 0 radical (unpaired) electrons. The average molecular weight is 877 g/mol. The minimum Gasteiger partial charge on any atom is -0.424 e. The van der Waals surface area contributed by atoms with Crippen molar-refractivity contribution in [3.05, 3.63) is 114 Å². The van der Waals surface area contributed by atoms with Crippen LogP contribution in [0.1, 0.15) is 38.8 Å². The zero-order chi connectivity index (χ0) is 44.7. The third kappa shape index (κ3) is 15.5. The largest absolute Gasteiger partial charge is 0.424 e. The van der Waals surface area contributed by atoms with E-state index in [0.717, 1.165) is 0 Å². The van der Waals surface area contributed by atoms with Crippen LogP contribution in [-0.4, -0.2) is 74.4 Å². The number of hydrogen-bond acceptors (Lipinski definition) is 16. The number of nitrogens with zero attached hydrogens (tertiary/aromatic N) is 8. The molecule has 2 aromatic carbocycles. The second-order valence-corrected chi connectivity index (χ2v) is 13.0. The number of aromatic nitrogens is 8. The lowest BCUT2D eigenvalue weighted by Gasteiger charge is -2.20. The number of rotatable bonds is 12. The Morgan fingerprint density at radius 2 is 1.02 bits per heavy atom. The molecule has 0 bridgehead atoms. The van der Waals surface area contributed by atoms with Gasteiger partial charge in [-0.05, 0) is 100.0 Å². The Bertz CT molecular complexity index is 2250. The Balaban J connectivity index is 0.000000222. The van der Waals surface area contributed by atoms with Crippen molar-refractivity contribution in [2.45, 2.75) is 64.3 Å². The molecule has 0 saturated carbocycles. The highest BCUT2D eigenvalue weighted by Crippen LogP contribution is 2.35. The molecule has 4 aromatic heterocycles. The summed E-state index contributed by atoms with van der Waals surface area (Å²) in [4.78, 5) is 30.2. The van der Waals surface area contributed by atoms with E-state index >= 15 is 0 Å². The molecule has 7 N–H and O–H groups in total. The van der Waals surface area contributed by atoms with Crippen LogP contribution < -0.4 is 31.2 Å². The molecule has 0 aliphatic carbocycles. The summed E-state index contributed by atoms with van der Waals surface area (Å²) < 4.78 is 88.4. The first-order valence-corrected chi connectivity index (χ1v) is 18.2. The summed E-state index contributed by atoms with van der Waals surface area (Å²) in [5.74, 6) is 0.252. The Labute approximate surface area is 349 Å². The smallest absolute Gasteiger partial charge is 0.421 e. The third-order valence-corrected chi connectivity index (χ3v) is 8.01. The van der Waals surface area contributed by atoms with Gasteiger partial charge in [-0.15, -0.1) is 0 Å². The van der Waals surface area contributed by atoms with Gasteiger partial charge >= 0.3 is 24.4 Å². The van der Waals surface area contributed by atoms with Gasteiger partial charge in [0.25, 0.3) is 0 Å². The van der Waals surface area contributed by atoms with Gasteiger partial charge in [-0.3, -0.25) is 0 Å². The normalized spacial score (nSPS) is 13.1. The van der Waals surface area contributed by atoms with Crippen LogP contribution in [0.2, 0.25) is 5.28 Å². The molecule has 0 saturated heterocycles. The first-order chi connectivity index (χ1) is 28.8. The molecule has 0 fully saturated rings. The van der Waals surface area contributed by atoms with E-state index in [1.165, 1.54) is 20.8 Å². The molecule has 0 aliphatic rings. The van der Waals surface area contributed by atoms with E-state index in [0.29, 0.717) is 41.3 Å². The maximum atomic E-state index is 13.3. The van der Waals surface area contributed by atoms with Crippen LogP contribution >= 0.6 is 11.6 Å². The monoisotopic (exact) mass is 876 g/mol. The van der Waals surface area contributed by atoms with E-state index < -0.39 is 59.4 Å². The van der Waals surface area contributed by atoms with Crippen molar-refractivity contribution in [1.82, 2.24) is 39.9 Å². The summed E-state index contributed by atoms with van der Waals surface area (Å²) in [5, 5.41) is 26.4. The first kappa shape index (κ1) is 47.0. The van der Waals surface area contributed by atoms with Crippen molar-refractivity contribution in [1.29, 1.82) is 0 Å². The van der Waals surface area contributed by atoms with Crippen molar-refractivity contribution >= 4 is 40.6 Å². The Hall–Kier alpha value is -6.65. The molecule has 0 aliphatic heterocycles. The van der Waals surface area contributed by atoms with Gasteiger partial charge < -0.3 is 41.4 Å². The van der Waals surface area contributed by atoms with Gasteiger partial charge in [-0.2, -0.15) is 31.3 Å². The lowest BCUT2D eigenvalue weighted by atomic mass is 10.2. The highest BCUT2D eigenvalue weighted by atomic mass is 35.5. The number of halogens is 7. The SMILES string of the molecule is C[C@@H](O)[C@@H](C)Nc1nc(Cl)ncc1C(F)(F)F.C[C@@H](O)[C@@H](C)Nc1nc(Nc2ccc(Oc3ncccn3)cc2)ncc1C(F)(F)F.Nc1ccc(Oc2ncccn2)cc1. The van der Waals surface area contributed by atoms with Gasteiger partial charge in [0.15, 0.2) is 0 Å². The number of aliphatic hydroxyl groups excluding tert-OH is 2. The molecule has 6 rings (SSSR count). The number of nitrogen functional groups attached to an aromatic ring is 1. The molecule has 61 heavy (non-hydrogen) atoms. The highest BCUT2D eigenvalue weighted by Gasteiger charge is 2.37. The van der Waals surface area contributed by atoms with E-state index in [1.54, 1.807) is 92.4 Å². The molecule has 0 unspecified atom stereocenters. The van der Waals surface area contributed by atoms with Gasteiger partial charge in [-0.25, -0.2) is 34.9 Å². The number of anilines is 5. The molecule has 6 aromatic rings. The van der Waals surface area contributed by atoms with E-state index in [9.17, 15) is 36.6 Å². The second-order valence-electron chi connectivity index (χ2n) is 12.7. The van der Waals surface area contributed by atoms with Gasteiger partial charge in [0.1, 0.15) is 34.3 Å². The fourth-order valence-corrected chi connectivity index (χ4v) is 4.40. The molecule has 0 spiro atoms. The summed E-state index contributed by atoms with van der Waals surface area (Å²) in [5.41, 5.74) is 4.73. The number of nitrogens with one attached hydrogen (secondary N) is 3. The van der Waals surface area contributed by atoms with Crippen LogP contribution in [0.15, 0.2) is 97.8 Å². The summed E-state index contributed by atoms with van der Waals surface area (Å²) in [7, 11) is 0. The lowest BCUT2D eigenvalue weighted by Crippen LogP contribution is -2.29. The van der Waals surface area contributed by atoms with Crippen molar-refractivity contribution < 1.29 is 46.0 Å². The van der Waals surface area contributed by atoms with Gasteiger partial charge in [0.2, 0.25) is 11.2 Å². The summed E-state index contributed by atoms with van der Waals surface area (Å²) in [6.07, 6.45) is -3.29. The maximum absolute atomic E-state index is 13.3. The molecule has 4 heterocycles. The average Bonchev–Trinajstić information content (AvgIpc) is 3.20. The Morgan fingerprint density at radius 3 is 1.44 bits per heavy atom. The van der Waals surface area contributed by atoms with Gasteiger partial charge in [0, 0.05) is 48.6 Å². The highest BCUT2D eigenvalue weighted by molar-refractivity contribution is 6.28. The predicted octanol–water partition coefficient (Wildman–Crippen LogP) is 8.18. The molecule has 23 heteroatoms. The second kappa shape index (κ2) is 21.6. The molecular formula is C38H39ClF6N12O4. The number of ether oxygens (including phenoxy) is 2.